The van der Waals surface area contributed by atoms with Crippen molar-refractivity contribution in [1.29, 1.82) is 0 Å². The minimum absolute atomic E-state index is 0.0853. The Morgan fingerprint density at radius 2 is 1.91 bits per heavy atom. The molecule has 0 fully saturated rings. The van der Waals surface area contributed by atoms with E-state index in [1.54, 1.807) is 23.8 Å². The molecule has 32 heavy (non-hydrogen) atoms. The maximum atomic E-state index is 13.3. The number of thioether (sulfide) groups is 1. The molecule has 6 nitrogen and oxygen atoms in total. The van der Waals surface area contributed by atoms with E-state index in [4.69, 9.17) is 14.1 Å². The van der Waals surface area contributed by atoms with E-state index >= 15 is 0 Å². The van der Waals surface area contributed by atoms with Crippen molar-refractivity contribution in [2.75, 3.05) is 13.7 Å². The molecule has 0 saturated heterocycles. The zero-order chi connectivity index (χ0) is 22.2. The Balaban J connectivity index is 1.58. The quantitative estimate of drug-likeness (QED) is 0.246. The van der Waals surface area contributed by atoms with Gasteiger partial charge in [-0.15, -0.1) is 0 Å². The van der Waals surface area contributed by atoms with Gasteiger partial charge in [0.1, 0.15) is 5.58 Å². The van der Waals surface area contributed by atoms with Crippen LogP contribution in [0.1, 0.15) is 36.1 Å². The fourth-order valence-corrected chi connectivity index (χ4v) is 5.58. The lowest BCUT2D eigenvalue weighted by molar-refractivity contribution is 0.156. The molecule has 4 aromatic rings. The van der Waals surface area contributed by atoms with Crippen LogP contribution in [0.2, 0.25) is 0 Å². The molecule has 164 valence electrons. The van der Waals surface area contributed by atoms with Crippen LogP contribution in [0.25, 0.3) is 21.9 Å². The first kappa shape index (κ1) is 21.0. The number of hydrogen-bond acceptors (Lipinski definition) is 6. The van der Waals surface area contributed by atoms with Crippen LogP contribution in [-0.4, -0.2) is 23.3 Å². The lowest BCUT2D eigenvalue weighted by Crippen LogP contribution is -2.28. The van der Waals surface area contributed by atoms with Gasteiger partial charge in [0, 0.05) is 24.3 Å². The van der Waals surface area contributed by atoms with Crippen LogP contribution in [0.5, 0.6) is 0 Å². The van der Waals surface area contributed by atoms with Crippen molar-refractivity contribution in [1.82, 2.24) is 9.55 Å². The van der Waals surface area contributed by atoms with E-state index in [9.17, 15) is 9.59 Å². The summed E-state index contributed by atoms with van der Waals surface area (Å²) in [4.78, 5) is 30.3. The van der Waals surface area contributed by atoms with Gasteiger partial charge in [0.25, 0.3) is 5.56 Å². The van der Waals surface area contributed by atoms with Gasteiger partial charge in [0.05, 0.1) is 23.6 Å². The fourth-order valence-electron chi connectivity index (χ4n) is 4.49. The summed E-state index contributed by atoms with van der Waals surface area (Å²) in [6.45, 7) is 2.35. The molecule has 0 N–H and O–H groups in total. The van der Waals surface area contributed by atoms with E-state index in [0.717, 1.165) is 30.2 Å². The number of fused-ring (bicyclic) bond motifs is 3. The van der Waals surface area contributed by atoms with Crippen LogP contribution >= 0.6 is 11.8 Å². The highest BCUT2D eigenvalue weighted by atomic mass is 32.2. The van der Waals surface area contributed by atoms with Crippen molar-refractivity contribution in [3.8, 4) is 0 Å². The summed E-state index contributed by atoms with van der Waals surface area (Å²) >= 11 is 1.46. The number of ether oxygens (including phenoxy) is 1. The maximum absolute atomic E-state index is 13.3. The second-order valence-electron chi connectivity index (χ2n) is 8.24. The second kappa shape index (κ2) is 8.56. The number of aryl methyl sites for hydroxylation is 2. The summed E-state index contributed by atoms with van der Waals surface area (Å²) in [6.07, 6.45) is 3.21. The number of nitrogens with zero attached hydrogens (tertiary/aromatic N) is 2. The van der Waals surface area contributed by atoms with E-state index in [0.29, 0.717) is 34.0 Å². The van der Waals surface area contributed by atoms with Gasteiger partial charge in [-0.2, -0.15) is 0 Å². The van der Waals surface area contributed by atoms with Crippen molar-refractivity contribution >= 4 is 33.6 Å². The Morgan fingerprint density at radius 3 is 2.72 bits per heavy atom. The summed E-state index contributed by atoms with van der Waals surface area (Å²) in [7, 11) is 1.62. The predicted octanol–water partition coefficient (Wildman–Crippen LogP) is 4.49. The Labute approximate surface area is 189 Å². The first-order valence-corrected chi connectivity index (χ1v) is 11.8. The molecule has 1 atom stereocenters. The van der Waals surface area contributed by atoms with Gasteiger partial charge < -0.3 is 9.15 Å². The van der Waals surface area contributed by atoms with Crippen molar-refractivity contribution < 1.29 is 9.15 Å². The third-order valence-electron chi connectivity index (χ3n) is 6.02. The molecule has 2 heterocycles. The summed E-state index contributed by atoms with van der Waals surface area (Å²) in [5.74, 6) is 0.505. The van der Waals surface area contributed by atoms with E-state index in [1.165, 1.54) is 22.9 Å². The molecule has 0 amide bonds. The Hall–Kier alpha value is -2.90. The lowest BCUT2D eigenvalue weighted by Gasteiger charge is -2.19. The molecule has 1 aliphatic rings. The Bertz CT molecular complexity index is 1440. The second-order valence-corrected chi connectivity index (χ2v) is 9.18. The maximum Gasteiger partial charge on any atom is 0.336 e. The van der Waals surface area contributed by atoms with Gasteiger partial charge in [-0.05, 0) is 67.1 Å². The first-order valence-electron chi connectivity index (χ1n) is 10.8. The molecule has 2 aromatic heterocycles. The molecule has 7 heteroatoms. The minimum Gasteiger partial charge on any atom is -0.423 e. The molecular formula is C25H24N2O4S. The first-order chi connectivity index (χ1) is 15.5. The van der Waals surface area contributed by atoms with Crippen LogP contribution in [0, 0.1) is 0 Å². The van der Waals surface area contributed by atoms with E-state index in [-0.39, 0.29) is 17.2 Å². The Kier molecular flexibility index (Phi) is 5.61. The van der Waals surface area contributed by atoms with Crippen molar-refractivity contribution in [2.24, 2.45) is 0 Å². The zero-order valence-electron chi connectivity index (χ0n) is 18.1. The van der Waals surface area contributed by atoms with Crippen LogP contribution in [-0.2, 0) is 23.3 Å². The molecule has 5 rings (SSSR count). The molecule has 0 spiro atoms. The van der Waals surface area contributed by atoms with Crippen LogP contribution in [0.15, 0.2) is 61.6 Å². The number of aromatic nitrogens is 2. The van der Waals surface area contributed by atoms with Crippen LogP contribution in [0.3, 0.4) is 0 Å². The molecule has 1 aliphatic carbocycles. The van der Waals surface area contributed by atoms with Crippen molar-refractivity contribution in [3.05, 3.63) is 79.9 Å². The average Bonchev–Trinajstić information content (AvgIpc) is 3.23. The van der Waals surface area contributed by atoms with E-state index < -0.39 is 0 Å². The summed E-state index contributed by atoms with van der Waals surface area (Å²) in [5, 5.41) is 2.15. The van der Waals surface area contributed by atoms with Crippen LogP contribution in [0.4, 0.5) is 0 Å². The number of para-hydroxylation sites is 1. The minimum atomic E-state index is -0.359. The summed E-state index contributed by atoms with van der Waals surface area (Å²) in [6, 6.07) is 12.9. The third-order valence-corrected chi connectivity index (χ3v) is 7.02. The Morgan fingerprint density at radius 1 is 1.12 bits per heavy atom. The smallest absolute Gasteiger partial charge is 0.336 e. The predicted molar refractivity (Wildman–Crippen MR) is 127 cm³/mol. The number of benzene rings is 2. The lowest BCUT2D eigenvalue weighted by atomic mass is 10.0. The molecule has 0 aliphatic heterocycles. The van der Waals surface area contributed by atoms with Gasteiger partial charge in [-0.25, -0.2) is 9.78 Å². The van der Waals surface area contributed by atoms with Gasteiger partial charge in [0.15, 0.2) is 5.16 Å². The highest BCUT2D eigenvalue weighted by Crippen LogP contribution is 2.31. The summed E-state index contributed by atoms with van der Waals surface area (Å²) < 4.78 is 12.5. The molecule has 0 saturated carbocycles. The van der Waals surface area contributed by atoms with Gasteiger partial charge in [-0.3, -0.25) is 9.36 Å². The fraction of sp³-hybridized carbons (Fsp3) is 0.320. The normalized spacial score (nSPS) is 14.2. The van der Waals surface area contributed by atoms with Crippen molar-refractivity contribution in [2.45, 2.75) is 43.1 Å². The number of methoxy groups -OCH3 is 1. The molecule has 0 bridgehead atoms. The summed E-state index contributed by atoms with van der Waals surface area (Å²) in [5.41, 5.74) is 4.34. The van der Waals surface area contributed by atoms with Gasteiger partial charge >= 0.3 is 5.63 Å². The van der Waals surface area contributed by atoms with Gasteiger partial charge in [-0.1, -0.05) is 23.9 Å². The van der Waals surface area contributed by atoms with Crippen LogP contribution < -0.4 is 11.2 Å². The van der Waals surface area contributed by atoms with E-state index in [2.05, 4.69) is 6.07 Å². The molecule has 2 aromatic carbocycles. The largest absolute Gasteiger partial charge is 0.423 e. The number of rotatable bonds is 6. The highest BCUT2D eigenvalue weighted by Gasteiger charge is 2.19. The highest BCUT2D eigenvalue weighted by molar-refractivity contribution is 7.98. The SMILES string of the molecule is COCC(C)n1c(SCc2cc(=O)oc3cc4c(cc23)CCC4)nc2ccccc2c1=O. The standard InChI is InChI=1S/C25H24N2O4S/c1-15(13-30-2)27-24(29)19-8-3-4-9-21(19)26-25(27)32-14-18-12-23(28)31-22-11-17-7-5-6-16(17)10-20(18)22/h3-4,8-12,15H,5-7,13-14H2,1-2H3. The number of hydrogen-bond donors (Lipinski definition) is 0. The molecule has 0 radical (unpaired) electrons. The monoisotopic (exact) mass is 448 g/mol. The molecular weight excluding hydrogens is 424 g/mol. The van der Waals surface area contributed by atoms with Gasteiger partial charge in [0.2, 0.25) is 0 Å². The van der Waals surface area contributed by atoms with E-state index in [1.807, 2.05) is 31.2 Å². The zero-order valence-corrected chi connectivity index (χ0v) is 18.9. The molecule has 1 unspecified atom stereocenters. The topological polar surface area (TPSA) is 74.3 Å². The third kappa shape index (κ3) is 3.76. The van der Waals surface area contributed by atoms with Crippen molar-refractivity contribution in [3.63, 3.8) is 0 Å². The average molecular weight is 449 g/mol.